The Bertz CT molecular complexity index is 553. The molecule has 0 aromatic carbocycles. The van der Waals surface area contributed by atoms with Crippen molar-refractivity contribution < 1.29 is 9.59 Å². The molecule has 1 N–H and O–H groups in total. The van der Waals surface area contributed by atoms with Crippen molar-refractivity contribution >= 4 is 36.6 Å². The standard InChI is InChI=1S/C21H36N4O2.2ClH/c1-2-23-9-3-4-19(23)15-25-14-17(12-20(25)26)21(27)24-10-7-18(8-11-24)22-13-16-5-6-16;;/h16-19,22H,2-15H2,1H3;2*1H. The Labute approximate surface area is 187 Å². The van der Waals surface area contributed by atoms with Crippen molar-refractivity contribution in [3.8, 4) is 0 Å². The summed E-state index contributed by atoms with van der Waals surface area (Å²) in [5, 5.41) is 3.67. The zero-order valence-electron chi connectivity index (χ0n) is 17.7. The molecule has 3 saturated heterocycles. The second-order valence-electron chi connectivity index (χ2n) is 9.08. The van der Waals surface area contributed by atoms with Crippen LogP contribution in [0.3, 0.4) is 0 Å². The van der Waals surface area contributed by atoms with Crippen molar-refractivity contribution in [1.82, 2.24) is 20.0 Å². The fourth-order valence-corrected chi connectivity index (χ4v) is 5.10. The summed E-state index contributed by atoms with van der Waals surface area (Å²) in [5.41, 5.74) is 0. The van der Waals surface area contributed by atoms with Crippen LogP contribution in [0.5, 0.6) is 0 Å². The zero-order valence-corrected chi connectivity index (χ0v) is 19.3. The highest BCUT2D eigenvalue weighted by Gasteiger charge is 2.39. The average molecular weight is 449 g/mol. The highest BCUT2D eigenvalue weighted by Crippen LogP contribution is 2.28. The smallest absolute Gasteiger partial charge is 0.227 e. The summed E-state index contributed by atoms with van der Waals surface area (Å²) in [6.07, 6.45) is 7.69. The van der Waals surface area contributed by atoms with Gasteiger partial charge in [-0.15, -0.1) is 24.8 Å². The first-order chi connectivity index (χ1) is 13.1. The van der Waals surface area contributed by atoms with Gasteiger partial charge in [0.05, 0.1) is 5.92 Å². The fraction of sp³-hybridized carbons (Fsp3) is 0.905. The summed E-state index contributed by atoms with van der Waals surface area (Å²) in [6.45, 7) is 8.68. The van der Waals surface area contributed by atoms with Crippen molar-refractivity contribution in [2.24, 2.45) is 11.8 Å². The van der Waals surface area contributed by atoms with Crippen LogP contribution in [0.4, 0.5) is 0 Å². The third-order valence-corrected chi connectivity index (χ3v) is 7.10. The summed E-state index contributed by atoms with van der Waals surface area (Å²) < 4.78 is 0. The van der Waals surface area contributed by atoms with E-state index >= 15 is 0 Å². The first kappa shape index (κ1) is 24.7. The third-order valence-electron chi connectivity index (χ3n) is 7.10. The van der Waals surface area contributed by atoms with Crippen LogP contribution in [0, 0.1) is 11.8 Å². The molecule has 2 amide bonds. The van der Waals surface area contributed by atoms with E-state index in [4.69, 9.17) is 0 Å². The van der Waals surface area contributed by atoms with E-state index in [1.807, 2.05) is 9.80 Å². The Morgan fingerprint density at radius 3 is 2.45 bits per heavy atom. The number of nitrogens with one attached hydrogen (secondary N) is 1. The third kappa shape index (κ3) is 6.22. The quantitative estimate of drug-likeness (QED) is 0.647. The molecule has 0 spiro atoms. The van der Waals surface area contributed by atoms with Gasteiger partial charge in [0.1, 0.15) is 0 Å². The van der Waals surface area contributed by atoms with Gasteiger partial charge in [-0.1, -0.05) is 6.92 Å². The number of piperidine rings is 1. The number of nitrogens with zero attached hydrogens (tertiary/aromatic N) is 3. The molecule has 2 unspecified atom stereocenters. The van der Waals surface area contributed by atoms with Crippen LogP contribution in [0.2, 0.25) is 0 Å². The molecule has 0 aromatic heterocycles. The molecule has 8 heteroatoms. The maximum absolute atomic E-state index is 12.9. The van der Waals surface area contributed by atoms with Gasteiger partial charge >= 0.3 is 0 Å². The van der Waals surface area contributed by atoms with Gasteiger partial charge in [-0.25, -0.2) is 0 Å². The maximum Gasteiger partial charge on any atom is 0.227 e. The molecule has 4 rings (SSSR count). The van der Waals surface area contributed by atoms with E-state index in [2.05, 4.69) is 17.1 Å². The van der Waals surface area contributed by atoms with E-state index in [1.54, 1.807) is 0 Å². The molecule has 168 valence electrons. The van der Waals surface area contributed by atoms with Crippen LogP contribution in [0.25, 0.3) is 0 Å². The lowest BCUT2D eigenvalue weighted by atomic mass is 10.0. The summed E-state index contributed by atoms with van der Waals surface area (Å²) in [7, 11) is 0. The zero-order chi connectivity index (χ0) is 18.8. The van der Waals surface area contributed by atoms with E-state index in [0.717, 1.165) is 58.0 Å². The van der Waals surface area contributed by atoms with Crippen LogP contribution in [0.15, 0.2) is 0 Å². The number of likely N-dealkylation sites (N-methyl/N-ethyl adjacent to an activating group) is 1. The molecule has 4 fully saturated rings. The Hall–Kier alpha value is -0.560. The summed E-state index contributed by atoms with van der Waals surface area (Å²) in [5.74, 6) is 1.18. The van der Waals surface area contributed by atoms with Crippen LogP contribution >= 0.6 is 24.8 Å². The van der Waals surface area contributed by atoms with Gasteiger partial charge in [0.25, 0.3) is 0 Å². The van der Waals surface area contributed by atoms with Gasteiger partial charge in [0, 0.05) is 44.7 Å². The second-order valence-corrected chi connectivity index (χ2v) is 9.08. The SMILES string of the molecule is CCN1CCCC1CN1CC(C(=O)N2CCC(NCC3CC3)CC2)CC1=O.Cl.Cl. The maximum atomic E-state index is 12.9. The van der Waals surface area contributed by atoms with E-state index in [-0.39, 0.29) is 42.5 Å². The monoisotopic (exact) mass is 448 g/mol. The number of halogens is 2. The van der Waals surface area contributed by atoms with Crippen molar-refractivity contribution in [3.63, 3.8) is 0 Å². The largest absolute Gasteiger partial charge is 0.342 e. The fourth-order valence-electron chi connectivity index (χ4n) is 5.10. The van der Waals surface area contributed by atoms with Crippen molar-refractivity contribution in [3.05, 3.63) is 0 Å². The number of likely N-dealkylation sites (tertiary alicyclic amines) is 3. The minimum atomic E-state index is -0.120. The molecule has 3 heterocycles. The van der Waals surface area contributed by atoms with Gasteiger partial charge < -0.3 is 15.1 Å². The van der Waals surface area contributed by atoms with Gasteiger partial charge in [0.15, 0.2) is 0 Å². The Balaban J connectivity index is 0.00000150. The molecule has 0 aromatic rings. The molecule has 4 aliphatic rings. The lowest BCUT2D eigenvalue weighted by molar-refractivity contribution is -0.136. The van der Waals surface area contributed by atoms with Crippen LogP contribution < -0.4 is 5.32 Å². The number of hydrogen-bond acceptors (Lipinski definition) is 4. The van der Waals surface area contributed by atoms with Crippen molar-refractivity contribution in [2.75, 3.05) is 45.8 Å². The molecule has 0 radical (unpaired) electrons. The van der Waals surface area contributed by atoms with E-state index < -0.39 is 0 Å². The second kappa shape index (κ2) is 11.2. The molecule has 0 bridgehead atoms. The topological polar surface area (TPSA) is 55.9 Å². The van der Waals surface area contributed by atoms with Gasteiger partial charge in [0.2, 0.25) is 11.8 Å². The Morgan fingerprint density at radius 1 is 1.07 bits per heavy atom. The highest BCUT2D eigenvalue weighted by molar-refractivity contribution is 5.89. The van der Waals surface area contributed by atoms with Crippen molar-refractivity contribution in [1.29, 1.82) is 0 Å². The summed E-state index contributed by atoms with van der Waals surface area (Å²) in [6, 6.07) is 1.06. The van der Waals surface area contributed by atoms with Crippen LogP contribution in [-0.2, 0) is 9.59 Å². The molecular weight excluding hydrogens is 411 g/mol. The van der Waals surface area contributed by atoms with E-state index in [9.17, 15) is 9.59 Å². The Kier molecular flexibility index (Phi) is 9.52. The van der Waals surface area contributed by atoms with Gasteiger partial charge in [-0.05, 0) is 64.1 Å². The Morgan fingerprint density at radius 2 is 1.79 bits per heavy atom. The average Bonchev–Trinajstić information content (AvgIpc) is 3.30. The molecular formula is C21H38Cl2N4O2. The van der Waals surface area contributed by atoms with Gasteiger partial charge in [-0.2, -0.15) is 0 Å². The molecule has 1 saturated carbocycles. The predicted molar refractivity (Wildman–Crippen MR) is 120 cm³/mol. The normalized spacial score (nSPS) is 28.4. The highest BCUT2D eigenvalue weighted by atomic mass is 35.5. The number of carbonyl (C=O) groups excluding carboxylic acids is 2. The predicted octanol–water partition coefficient (Wildman–Crippen LogP) is 2.15. The first-order valence-electron chi connectivity index (χ1n) is 11.2. The van der Waals surface area contributed by atoms with E-state index in [0.29, 0.717) is 25.0 Å². The number of hydrogen-bond donors (Lipinski definition) is 1. The molecule has 29 heavy (non-hydrogen) atoms. The minimum Gasteiger partial charge on any atom is -0.342 e. The first-order valence-corrected chi connectivity index (χ1v) is 11.2. The number of rotatable bonds is 7. The van der Waals surface area contributed by atoms with E-state index in [1.165, 1.54) is 25.7 Å². The minimum absolute atomic E-state index is 0. The number of amides is 2. The summed E-state index contributed by atoms with van der Waals surface area (Å²) >= 11 is 0. The molecule has 1 aliphatic carbocycles. The molecule has 6 nitrogen and oxygen atoms in total. The van der Waals surface area contributed by atoms with Gasteiger partial charge in [-0.3, -0.25) is 14.5 Å². The lowest BCUT2D eigenvalue weighted by Crippen LogP contribution is -2.47. The molecule has 3 aliphatic heterocycles. The number of carbonyl (C=O) groups is 2. The lowest BCUT2D eigenvalue weighted by Gasteiger charge is -2.34. The van der Waals surface area contributed by atoms with Crippen molar-refractivity contribution in [2.45, 2.75) is 64.0 Å². The summed E-state index contributed by atoms with van der Waals surface area (Å²) in [4.78, 5) is 31.9. The van der Waals surface area contributed by atoms with Crippen LogP contribution in [0.1, 0.15) is 51.9 Å². The molecule has 2 atom stereocenters. The van der Waals surface area contributed by atoms with Crippen LogP contribution in [-0.4, -0.2) is 84.4 Å².